The summed E-state index contributed by atoms with van der Waals surface area (Å²) >= 11 is 0. The Morgan fingerprint density at radius 3 is 2.37 bits per heavy atom. The first-order valence-corrected chi connectivity index (χ1v) is 7.82. The van der Waals surface area contributed by atoms with E-state index in [2.05, 4.69) is 4.72 Å². The van der Waals surface area contributed by atoms with Gasteiger partial charge in [0, 0.05) is 12.5 Å². The quantitative estimate of drug-likeness (QED) is 0.757. The maximum atomic E-state index is 12.2. The number of aliphatic hydroxyl groups excluding tert-OH is 2. The minimum absolute atomic E-state index is 0.191. The molecular formula is C13H19NO4S. The number of aliphatic hydroxyl groups is 2. The smallest absolute Gasteiger partial charge is 0.240 e. The highest BCUT2D eigenvalue weighted by atomic mass is 32.2. The highest BCUT2D eigenvalue weighted by molar-refractivity contribution is 7.89. The summed E-state index contributed by atoms with van der Waals surface area (Å²) in [5.41, 5.74) is 0.986. The lowest BCUT2D eigenvalue weighted by molar-refractivity contribution is 0.0230. The summed E-state index contributed by atoms with van der Waals surface area (Å²) in [6.45, 7) is 1.89. The van der Waals surface area contributed by atoms with E-state index < -0.39 is 28.3 Å². The van der Waals surface area contributed by atoms with E-state index in [1.54, 1.807) is 24.3 Å². The van der Waals surface area contributed by atoms with Gasteiger partial charge >= 0.3 is 0 Å². The van der Waals surface area contributed by atoms with Crippen molar-refractivity contribution in [3.8, 4) is 0 Å². The van der Waals surface area contributed by atoms with Crippen LogP contribution in [0.5, 0.6) is 0 Å². The maximum Gasteiger partial charge on any atom is 0.240 e. The molecule has 0 bridgehead atoms. The highest BCUT2D eigenvalue weighted by Gasteiger charge is 2.31. The fourth-order valence-corrected chi connectivity index (χ4v) is 3.55. The molecule has 5 nitrogen and oxygen atoms in total. The van der Waals surface area contributed by atoms with Crippen LogP contribution in [-0.4, -0.2) is 36.9 Å². The summed E-state index contributed by atoms with van der Waals surface area (Å²) in [6.07, 6.45) is -0.244. The van der Waals surface area contributed by atoms with Crippen LogP contribution in [-0.2, 0) is 10.0 Å². The van der Waals surface area contributed by atoms with Crippen LogP contribution in [0.3, 0.4) is 0 Å². The zero-order chi connectivity index (χ0) is 14.0. The van der Waals surface area contributed by atoms with E-state index in [-0.39, 0.29) is 11.3 Å². The second kappa shape index (κ2) is 5.58. The SMILES string of the molecule is Cc1ccc(S(=O)(=O)N[C@H]2CC[C@H](O)C[C@H]2O)cc1. The lowest BCUT2D eigenvalue weighted by Crippen LogP contribution is -2.47. The van der Waals surface area contributed by atoms with E-state index in [1.165, 1.54) is 0 Å². The van der Waals surface area contributed by atoms with Crippen LogP contribution in [0.15, 0.2) is 29.2 Å². The van der Waals surface area contributed by atoms with Gasteiger partial charge in [0.1, 0.15) is 0 Å². The molecule has 0 heterocycles. The molecule has 6 heteroatoms. The molecule has 0 saturated heterocycles. The van der Waals surface area contributed by atoms with Crippen molar-refractivity contribution in [2.24, 2.45) is 0 Å². The largest absolute Gasteiger partial charge is 0.393 e. The number of hydrogen-bond donors (Lipinski definition) is 3. The van der Waals surface area contributed by atoms with Gasteiger partial charge in [0.25, 0.3) is 0 Å². The van der Waals surface area contributed by atoms with Crippen molar-refractivity contribution < 1.29 is 18.6 Å². The van der Waals surface area contributed by atoms with Crippen LogP contribution in [0.2, 0.25) is 0 Å². The molecule has 1 aromatic rings. The summed E-state index contributed by atoms with van der Waals surface area (Å²) < 4.78 is 26.8. The average Bonchev–Trinajstić information content (AvgIpc) is 2.33. The lowest BCUT2D eigenvalue weighted by atomic mass is 9.91. The molecule has 3 atom stereocenters. The van der Waals surface area contributed by atoms with E-state index in [9.17, 15) is 18.6 Å². The van der Waals surface area contributed by atoms with Crippen LogP contribution in [0.25, 0.3) is 0 Å². The number of rotatable bonds is 3. The van der Waals surface area contributed by atoms with Gasteiger partial charge in [0.05, 0.1) is 17.1 Å². The topological polar surface area (TPSA) is 86.6 Å². The molecule has 19 heavy (non-hydrogen) atoms. The third-order valence-electron chi connectivity index (χ3n) is 3.43. The van der Waals surface area contributed by atoms with Gasteiger partial charge < -0.3 is 10.2 Å². The zero-order valence-electron chi connectivity index (χ0n) is 10.8. The fourth-order valence-electron chi connectivity index (χ4n) is 2.25. The van der Waals surface area contributed by atoms with Crippen LogP contribution < -0.4 is 4.72 Å². The minimum atomic E-state index is -3.62. The Balaban J connectivity index is 2.11. The minimum Gasteiger partial charge on any atom is -0.393 e. The van der Waals surface area contributed by atoms with Crippen molar-refractivity contribution in [1.82, 2.24) is 4.72 Å². The van der Waals surface area contributed by atoms with Gasteiger partial charge in [-0.1, -0.05) is 17.7 Å². The molecule has 1 saturated carbocycles. The fraction of sp³-hybridized carbons (Fsp3) is 0.538. The Morgan fingerprint density at radius 1 is 1.16 bits per heavy atom. The van der Waals surface area contributed by atoms with Crippen molar-refractivity contribution in [3.05, 3.63) is 29.8 Å². The highest BCUT2D eigenvalue weighted by Crippen LogP contribution is 2.21. The van der Waals surface area contributed by atoms with Crippen LogP contribution >= 0.6 is 0 Å². The first-order chi connectivity index (χ1) is 8.88. The van der Waals surface area contributed by atoms with Gasteiger partial charge in [-0.2, -0.15) is 0 Å². The van der Waals surface area contributed by atoms with Gasteiger partial charge in [0.15, 0.2) is 0 Å². The van der Waals surface area contributed by atoms with Crippen LogP contribution in [0.4, 0.5) is 0 Å². The third-order valence-corrected chi connectivity index (χ3v) is 4.93. The number of benzene rings is 1. The third kappa shape index (κ3) is 3.54. The molecule has 1 fully saturated rings. The van der Waals surface area contributed by atoms with Crippen molar-refractivity contribution in [1.29, 1.82) is 0 Å². The van der Waals surface area contributed by atoms with Gasteiger partial charge in [-0.05, 0) is 31.9 Å². The Hall–Kier alpha value is -0.950. The van der Waals surface area contributed by atoms with Crippen molar-refractivity contribution in [2.75, 3.05) is 0 Å². The Kier molecular flexibility index (Phi) is 4.25. The molecule has 0 aliphatic heterocycles. The molecule has 0 amide bonds. The maximum absolute atomic E-state index is 12.2. The predicted molar refractivity (Wildman–Crippen MR) is 71.2 cm³/mol. The molecule has 0 spiro atoms. The van der Waals surface area contributed by atoms with Crippen LogP contribution in [0.1, 0.15) is 24.8 Å². The molecule has 1 aliphatic carbocycles. The summed E-state index contributed by atoms with van der Waals surface area (Å²) in [4.78, 5) is 0.191. The van der Waals surface area contributed by atoms with E-state index >= 15 is 0 Å². The molecular weight excluding hydrogens is 266 g/mol. The number of aryl methyl sites for hydroxylation is 1. The Morgan fingerprint density at radius 2 is 1.79 bits per heavy atom. The van der Waals surface area contributed by atoms with Crippen molar-refractivity contribution in [2.45, 2.75) is 49.3 Å². The normalized spacial score (nSPS) is 28.3. The van der Waals surface area contributed by atoms with Gasteiger partial charge in [-0.25, -0.2) is 13.1 Å². The zero-order valence-corrected chi connectivity index (χ0v) is 11.6. The first-order valence-electron chi connectivity index (χ1n) is 6.33. The summed E-state index contributed by atoms with van der Waals surface area (Å²) in [5.74, 6) is 0. The number of sulfonamides is 1. The monoisotopic (exact) mass is 285 g/mol. The lowest BCUT2D eigenvalue weighted by Gasteiger charge is -2.31. The summed E-state index contributed by atoms with van der Waals surface area (Å²) in [6, 6.07) is 6.02. The summed E-state index contributed by atoms with van der Waals surface area (Å²) in [5, 5.41) is 19.2. The second-order valence-electron chi connectivity index (χ2n) is 5.08. The standard InChI is InChI=1S/C13H19NO4S/c1-9-2-5-11(6-3-9)19(17,18)14-12-7-4-10(15)8-13(12)16/h2-3,5-6,10,12-16H,4,7-8H2,1H3/t10-,12-,13+/m0/s1. The van der Waals surface area contributed by atoms with E-state index in [1.807, 2.05) is 6.92 Å². The van der Waals surface area contributed by atoms with Gasteiger partial charge in [-0.3, -0.25) is 0 Å². The van der Waals surface area contributed by atoms with Crippen molar-refractivity contribution in [3.63, 3.8) is 0 Å². The average molecular weight is 285 g/mol. The van der Waals surface area contributed by atoms with E-state index in [0.717, 1.165) is 5.56 Å². The van der Waals surface area contributed by atoms with E-state index in [4.69, 9.17) is 0 Å². The van der Waals surface area contributed by atoms with E-state index in [0.29, 0.717) is 12.8 Å². The second-order valence-corrected chi connectivity index (χ2v) is 6.79. The predicted octanol–water partition coefficient (Wildman–Crippen LogP) is 0.548. The molecule has 2 rings (SSSR count). The molecule has 0 unspecified atom stereocenters. The molecule has 1 aromatic carbocycles. The van der Waals surface area contributed by atoms with Gasteiger partial charge in [-0.15, -0.1) is 0 Å². The summed E-state index contributed by atoms with van der Waals surface area (Å²) in [7, 11) is -3.62. The molecule has 1 aliphatic rings. The number of hydrogen-bond acceptors (Lipinski definition) is 4. The molecule has 3 N–H and O–H groups in total. The molecule has 106 valence electrons. The van der Waals surface area contributed by atoms with Gasteiger partial charge in [0.2, 0.25) is 10.0 Å². The van der Waals surface area contributed by atoms with Crippen molar-refractivity contribution >= 4 is 10.0 Å². The first kappa shape index (κ1) is 14.5. The molecule has 0 radical (unpaired) electrons. The molecule has 0 aromatic heterocycles. The Bertz CT molecular complexity index is 526. The Labute approximate surface area is 113 Å². The number of nitrogens with one attached hydrogen (secondary N) is 1. The van der Waals surface area contributed by atoms with Crippen LogP contribution in [0, 0.1) is 6.92 Å².